The van der Waals surface area contributed by atoms with E-state index in [4.69, 9.17) is 0 Å². The Morgan fingerprint density at radius 2 is 1.86 bits per heavy atom. The summed E-state index contributed by atoms with van der Waals surface area (Å²) in [5, 5.41) is 11.6. The Morgan fingerprint density at radius 3 is 2.43 bits per heavy atom. The van der Waals surface area contributed by atoms with Gasteiger partial charge in [0.2, 0.25) is 10.0 Å². The lowest BCUT2D eigenvalue weighted by atomic mass is 10.2. The third-order valence-electron chi connectivity index (χ3n) is 2.77. The van der Waals surface area contributed by atoms with Gasteiger partial charge in [-0.1, -0.05) is 12.1 Å². The van der Waals surface area contributed by atoms with Gasteiger partial charge in [-0.25, -0.2) is 21.9 Å². The van der Waals surface area contributed by atoms with Gasteiger partial charge < -0.3 is 5.11 Å². The predicted octanol–water partition coefficient (Wildman–Crippen LogP) is 2.43. The van der Waals surface area contributed by atoms with Crippen molar-refractivity contribution in [3.63, 3.8) is 0 Å². The predicted molar refractivity (Wildman–Crippen MR) is 75.4 cm³/mol. The van der Waals surface area contributed by atoms with Crippen LogP contribution in [0.1, 0.15) is 17.4 Å². The van der Waals surface area contributed by atoms with E-state index in [2.05, 4.69) is 4.72 Å². The van der Waals surface area contributed by atoms with Gasteiger partial charge in [-0.2, -0.15) is 0 Å². The molecule has 2 N–H and O–H groups in total. The van der Waals surface area contributed by atoms with E-state index in [1.807, 2.05) is 0 Å². The van der Waals surface area contributed by atoms with E-state index < -0.39 is 32.7 Å². The molecule has 1 aromatic carbocycles. The topological polar surface area (TPSA) is 66.4 Å². The summed E-state index contributed by atoms with van der Waals surface area (Å²) >= 11 is 1.34. The number of nitrogens with one attached hydrogen (secondary N) is 1. The minimum absolute atomic E-state index is 0.107. The molecule has 0 saturated heterocycles. The summed E-state index contributed by atoms with van der Waals surface area (Å²) in [5.74, 6) is -2.30. The van der Waals surface area contributed by atoms with E-state index in [0.29, 0.717) is 4.88 Å². The SMILES string of the molecule is O=S(=O)(NCC[C@@H](O)c1cccs1)c1c(F)cccc1F. The zero-order valence-electron chi connectivity index (χ0n) is 10.8. The molecule has 0 saturated carbocycles. The average Bonchev–Trinajstić information content (AvgIpc) is 2.91. The van der Waals surface area contributed by atoms with Gasteiger partial charge in [-0.3, -0.25) is 0 Å². The molecule has 0 bridgehead atoms. The monoisotopic (exact) mass is 333 g/mol. The average molecular weight is 333 g/mol. The minimum Gasteiger partial charge on any atom is -0.388 e. The summed E-state index contributed by atoms with van der Waals surface area (Å²) in [6.45, 7) is -0.130. The Balaban J connectivity index is 2.02. The standard InChI is InChI=1S/C13H13F2NO3S2/c14-9-3-1-4-10(15)13(9)21(18,19)16-7-6-11(17)12-5-2-8-20-12/h1-5,8,11,16-17H,6-7H2/t11-/m1/s1. The molecule has 21 heavy (non-hydrogen) atoms. The first-order valence-electron chi connectivity index (χ1n) is 6.07. The van der Waals surface area contributed by atoms with Crippen LogP contribution in [0.15, 0.2) is 40.6 Å². The first-order chi connectivity index (χ1) is 9.92. The van der Waals surface area contributed by atoms with Gasteiger partial charge in [-0.15, -0.1) is 11.3 Å². The zero-order chi connectivity index (χ0) is 15.5. The van der Waals surface area contributed by atoms with E-state index in [0.717, 1.165) is 18.2 Å². The zero-order valence-corrected chi connectivity index (χ0v) is 12.4. The lowest BCUT2D eigenvalue weighted by Crippen LogP contribution is -2.27. The first kappa shape index (κ1) is 16.0. The van der Waals surface area contributed by atoms with Crippen LogP contribution in [0.5, 0.6) is 0 Å². The first-order valence-corrected chi connectivity index (χ1v) is 8.43. The Bertz CT molecular complexity index is 682. The number of thiophene rings is 1. The van der Waals surface area contributed by atoms with Crippen LogP contribution in [0.25, 0.3) is 0 Å². The minimum atomic E-state index is -4.29. The number of hydrogen-bond donors (Lipinski definition) is 2. The molecule has 0 unspecified atom stereocenters. The number of rotatable bonds is 6. The molecule has 0 radical (unpaired) electrons. The number of aliphatic hydroxyl groups excluding tert-OH is 1. The molecule has 1 aromatic heterocycles. The maximum absolute atomic E-state index is 13.4. The number of benzene rings is 1. The third kappa shape index (κ3) is 3.85. The van der Waals surface area contributed by atoms with E-state index >= 15 is 0 Å². The van der Waals surface area contributed by atoms with Gasteiger partial charge in [-0.05, 0) is 30.0 Å². The van der Waals surface area contributed by atoms with Crippen LogP contribution >= 0.6 is 11.3 Å². The lowest BCUT2D eigenvalue weighted by molar-refractivity contribution is 0.173. The van der Waals surface area contributed by atoms with Crippen LogP contribution in [0.2, 0.25) is 0 Å². The highest BCUT2D eigenvalue weighted by atomic mass is 32.2. The van der Waals surface area contributed by atoms with Gasteiger partial charge in [0.05, 0.1) is 6.10 Å². The number of hydrogen-bond acceptors (Lipinski definition) is 4. The molecule has 4 nitrogen and oxygen atoms in total. The summed E-state index contributed by atoms with van der Waals surface area (Å²) in [6, 6.07) is 6.32. The molecule has 2 aromatic rings. The summed E-state index contributed by atoms with van der Waals surface area (Å²) < 4.78 is 52.7. The molecule has 114 valence electrons. The second-order valence-electron chi connectivity index (χ2n) is 4.27. The maximum atomic E-state index is 13.4. The highest BCUT2D eigenvalue weighted by Gasteiger charge is 2.23. The van der Waals surface area contributed by atoms with Gasteiger partial charge in [0.1, 0.15) is 11.6 Å². The second-order valence-corrected chi connectivity index (χ2v) is 6.95. The number of sulfonamides is 1. The van der Waals surface area contributed by atoms with Crippen LogP contribution < -0.4 is 4.72 Å². The Labute approximate surface area is 125 Å². The Kier molecular flexibility index (Phi) is 5.04. The fraction of sp³-hybridized carbons (Fsp3) is 0.231. The van der Waals surface area contributed by atoms with Gasteiger partial charge >= 0.3 is 0 Å². The molecule has 0 amide bonds. The van der Waals surface area contributed by atoms with E-state index in [1.54, 1.807) is 17.5 Å². The van der Waals surface area contributed by atoms with Crippen molar-refractivity contribution in [3.8, 4) is 0 Å². The summed E-state index contributed by atoms with van der Waals surface area (Å²) in [6.07, 6.45) is -0.714. The van der Waals surface area contributed by atoms with Crippen LogP contribution in [0, 0.1) is 11.6 Å². The van der Waals surface area contributed by atoms with Crippen LogP contribution in [0.3, 0.4) is 0 Å². The molecule has 0 aliphatic rings. The number of aliphatic hydroxyl groups is 1. The molecule has 0 fully saturated rings. The van der Waals surface area contributed by atoms with E-state index in [1.165, 1.54) is 11.3 Å². The van der Waals surface area contributed by atoms with Crippen molar-refractivity contribution < 1.29 is 22.3 Å². The molecule has 8 heteroatoms. The van der Waals surface area contributed by atoms with Gasteiger partial charge in [0.25, 0.3) is 0 Å². The Hall–Kier alpha value is -1.35. The van der Waals surface area contributed by atoms with E-state index in [-0.39, 0.29) is 13.0 Å². The van der Waals surface area contributed by atoms with Crippen molar-refractivity contribution >= 4 is 21.4 Å². The smallest absolute Gasteiger partial charge is 0.246 e. The van der Waals surface area contributed by atoms with Crippen molar-refractivity contribution in [2.75, 3.05) is 6.54 Å². The summed E-state index contributed by atoms with van der Waals surface area (Å²) in [5.41, 5.74) is 0. The molecule has 0 spiro atoms. The summed E-state index contributed by atoms with van der Waals surface area (Å²) in [4.78, 5) is -0.304. The quantitative estimate of drug-likeness (QED) is 0.853. The van der Waals surface area contributed by atoms with E-state index in [9.17, 15) is 22.3 Å². The fourth-order valence-corrected chi connectivity index (χ4v) is 3.69. The molecule has 2 rings (SSSR count). The molecule has 0 aliphatic heterocycles. The molecular formula is C13H13F2NO3S2. The number of halogens is 2. The highest BCUT2D eigenvalue weighted by molar-refractivity contribution is 7.89. The van der Waals surface area contributed by atoms with Gasteiger partial charge in [0, 0.05) is 11.4 Å². The summed E-state index contributed by atoms with van der Waals surface area (Å²) in [7, 11) is -4.29. The maximum Gasteiger partial charge on any atom is 0.246 e. The lowest BCUT2D eigenvalue weighted by Gasteiger charge is -2.11. The van der Waals surface area contributed by atoms with Crippen LogP contribution in [-0.2, 0) is 10.0 Å². The molecule has 0 aliphatic carbocycles. The fourth-order valence-electron chi connectivity index (χ4n) is 1.76. The molecule has 1 heterocycles. The van der Waals surface area contributed by atoms with Gasteiger partial charge in [0.15, 0.2) is 4.90 Å². The molecule has 1 atom stereocenters. The van der Waals surface area contributed by atoms with Crippen molar-refractivity contribution in [2.45, 2.75) is 17.4 Å². The van der Waals surface area contributed by atoms with Crippen LogP contribution in [-0.4, -0.2) is 20.1 Å². The highest BCUT2D eigenvalue weighted by Crippen LogP contribution is 2.22. The second kappa shape index (κ2) is 6.61. The third-order valence-corrected chi connectivity index (χ3v) is 5.25. The largest absolute Gasteiger partial charge is 0.388 e. The van der Waals surface area contributed by atoms with Crippen molar-refractivity contribution in [3.05, 3.63) is 52.2 Å². The Morgan fingerprint density at radius 1 is 1.19 bits per heavy atom. The molecular weight excluding hydrogens is 320 g/mol. The van der Waals surface area contributed by atoms with Crippen molar-refractivity contribution in [2.24, 2.45) is 0 Å². The normalized spacial score (nSPS) is 13.3. The van der Waals surface area contributed by atoms with Crippen molar-refractivity contribution in [1.82, 2.24) is 4.72 Å². The van der Waals surface area contributed by atoms with Crippen LogP contribution in [0.4, 0.5) is 8.78 Å². The van der Waals surface area contributed by atoms with Crippen molar-refractivity contribution in [1.29, 1.82) is 0 Å².